The van der Waals surface area contributed by atoms with Gasteiger partial charge in [0, 0.05) is 0 Å². The monoisotopic (exact) mass is 123 g/mol. The van der Waals surface area contributed by atoms with Crippen LogP contribution in [-0.4, -0.2) is 7.28 Å². The van der Waals surface area contributed by atoms with E-state index in [0.29, 0.717) is 0 Å². The summed E-state index contributed by atoms with van der Waals surface area (Å²) in [5, 5.41) is 0. The van der Waals surface area contributed by atoms with Gasteiger partial charge in [0.25, 0.3) is 0 Å². The minimum Gasteiger partial charge on any atom is -0.269 e. The Labute approximate surface area is 46.6 Å². The van der Waals surface area contributed by atoms with Crippen LogP contribution < -0.4 is 0 Å². The molecule has 0 atom stereocenters. The molecule has 1 radical (unpaired) electrons. The maximum Gasteiger partial charge on any atom is 0.171 e. The van der Waals surface area contributed by atoms with Crippen molar-refractivity contribution in [1.82, 2.24) is 0 Å². The number of allylic oxidation sites excluding steroid dienone is 2. The first-order valence-electron chi connectivity index (χ1n) is 1.67. The first kappa shape index (κ1) is 15.7. The highest BCUT2D eigenvalue weighted by Gasteiger charge is 1.75. The molecule has 0 aromatic heterocycles. The highest BCUT2D eigenvalue weighted by molar-refractivity contribution is 6.49. The Morgan fingerprint density at radius 1 is 0.750 bits per heavy atom. The van der Waals surface area contributed by atoms with Gasteiger partial charge >= 0.3 is 0 Å². The number of hydrogen-bond donors (Lipinski definition) is 0. The van der Waals surface area contributed by atoms with Crippen molar-refractivity contribution in [1.29, 1.82) is 0 Å². The summed E-state index contributed by atoms with van der Waals surface area (Å²) in [6, 6.07) is 0. The van der Waals surface area contributed by atoms with Crippen LogP contribution in [0.25, 0.3) is 0 Å². The average Bonchev–Trinajstić information content (AvgIpc) is 1.76. The molecule has 47 valence electrons. The molecular weight excluding hydrogens is 116 g/mol. The highest BCUT2D eigenvalue weighted by atomic mass is 19.0. The van der Waals surface area contributed by atoms with Gasteiger partial charge in [0.2, 0.25) is 0 Å². The molecular formula is C4H7BF3. The molecule has 0 unspecified atom stereocenters. The lowest BCUT2D eigenvalue weighted by Crippen LogP contribution is -1.63. The van der Waals surface area contributed by atoms with Crippen molar-refractivity contribution in [2.45, 2.75) is 0 Å². The van der Waals surface area contributed by atoms with Crippen LogP contribution in [0.15, 0.2) is 24.1 Å². The molecule has 8 heavy (non-hydrogen) atoms. The molecule has 1 heterocycles. The normalized spacial score (nSPS) is 10.0. The van der Waals surface area contributed by atoms with Gasteiger partial charge in [-0.3, -0.25) is 14.1 Å². The third-order valence-corrected chi connectivity index (χ3v) is 0.556. The number of hydrogen-bond acceptors (Lipinski definition) is 0. The van der Waals surface area contributed by atoms with Crippen LogP contribution in [0.5, 0.6) is 0 Å². The smallest absolute Gasteiger partial charge is 0.171 e. The lowest BCUT2D eigenvalue weighted by Gasteiger charge is -1.51. The van der Waals surface area contributed by atoms with Crippen molar-refractivity contribution in [3.63, 3.8) is 0 Å². The zero-order valence-electron chi connectivity index (χ0n) is 4.11. The van der Waals surface area contributed by atoms with E-state index in [4.69, 9.17) is 0 Å². The lowest BCUT2D eigenvalue weighted by atomic mass is 9.83. The SMILES string of the molecule is F.F.F.[B]1C=CC=C1. The molecule has 0 spiro atoms. The van der Waals surface area contributed by atoms with E-state index in [2.05, 4.69) is 0 Å². The molecule has 0 N–H and O–H groups in total. The van der Waals surface area contributed by atoms with Gasteiger partial charge in [0.1, 0.15) is 0 Å². The van der Waals surface area contributed by atoms with Crippen molar-refractivity contribution < 1.29 is 14.1 Å². The van der Waals surface area contributed by atoms with E-state index in [9.17, 15) is 0 Å². The summed E-state index contributed by atoms with van der Waals surface area (Å²) >= 11 is 0. The minimum atomic E-state index is 0. The van der Waals surface area contributed by atoms with E-state index in [1.54, 1.807) is 0 Å². The number of halogens is 3. The van der Waals surface area contributed by atoms with Crippen LogP contribution in [0.3, 0.4) is 0 Å². The molecule has 1 rings (SSSR count). The molecule has 0 fully saturated rings. The summed E-state index contributed by atoms with van der Waals surface area (Å²) in [6.45, 7) is 0. The zero-order valence-corrected chi connectivity index (χ0v) is 4.11. The minimum absolute atomic E-state index is 0. The summed E-state index contributed by atoms with van der Waals surface area (Å²) in [5.41, 5.74) is 0. The molecule has 4 heteroatoms. The lowest BCUT2D eigenvalue weighted by molar-refractivity contribution is 1.11. The van der Waals surface area contributed by atoms with Crippen LogP contribution in [0.4, 0.5) is 14.1 Å². The summed E-state index contributed by atoms with van der Waals surface area (Å²) in [4.78, 5) is 0. The third kappa shape index (κ3) is 5.33. The van der Waals surface area contributed by atoms with Crippen LogP contribution in [0.1, 0.15) is 0 Å². The Bertz CT molecular complexity index is 69.4. The van der Waals surface area contributed by atoms with Crippen molar-refractivity contribution in [2.75, 3.05) is 0 Å². The molecule has 0 nitrogen and oxygen atoms in total. The van der Waals surface area contributed by atoms with Gasteiger partial charge in [-0.2, -0.15) is 0 Å². The maximum absolute atomic E-state index is 2.00. The fourth-order valence-electron chi connectivity index (χ4n) is 0.321. The van der Waals surface area contributed by atoms with E-state index in [-0.39, 0.29) is 14.1 Å². The largest absolute Gasteiger partial charge is 0.269 e. The quantitative estimate of drug-likeness (QED) is 0.424. The first-order chi connectivity index (χ1) is 2.50. The van der Waals surface area contributed by atoms with Gasteiger partial charge in [-0.05, 0) is 0 Å². The van der Waals surface area contributed by atoms with E-state index in [1.807, 2.05) is 31.4 Å². The van der Waals surface area contributed by atoms with Crippen molar-refractivity contribution >= 4 is 7.28 Å². The molecule has 0 saturated carbocycles. The first-order valence-corrected chi connectivity index (χ1v) is 1.67. The molecule has 0 bridgehead atoms. The fraction of sp³-hybridized carbons (Fsp3) is 0. The Hall–Kier alpha value is -0.665. The second kappa shape index (κ2) is 9.59. The van der Waals surface area contributed by atoms with Gasteiger partial charge in [-0.1, -0.05) is 12.2 Å². The van der Waals surface area contributed by atoms with Crippen LogP contribution >= 0.6 is 0 Å². The second-order valence-corrected chi connectivity index (χ2v) is 0.962. The standard InChI is InChI=1S/C4H4B.3FH/c1-2-4-5-3-1;;;/h1-4H;3*1H. The van der Waals surface area contributed by atoms with E-state index >= 15 is 0 Å². The Morgan fingerprint density at radius 2 is 1.12 bits per heavy atom. The van der Waals surface area contributed by atoms with E-state index in [1.165, 1.54) is 0 Å². The maximum atomic E-state index is 2.00. The number of rotatable bonds is 0. The topological polar surface area (TPSA) is 0 Å². The molecule has 0 aliphatic carbocycles. The highest BCUT2D eigenvalue weighted by Crippen LogP contribution is 1.82. The Kier molecular flexibility index (Phi) is 18.8. The average molecular weight is 123 g/mol. The van der Waals surface area contributed by atoms with Crippen molar-refractivity contribution in [3.05, 3.63) is 24.1 Å². The summed E-state index contributed by atoms with van der Waals surface area (Å²) < 4.78 is 0. The molecule has 0 saturated heterocycles. The predicted octanol–water partition coefficient (Wildman–Crippen LogP) is 1.19. The molecule has 0 amide bonds. The fourth-order valence-corrected chi connectivity index (χ4v) is 0.321. The summed E-state index contributed by atoms with van der Waals surface area (Å²) in [5.74, 6) is 4.00. The van der Waals surface area contributed by atoms with Gasteiger partial charge in [0.05, 0.1) is 0 Å². The van der Waals surface area contributed by atoms with Crippen LogP contribution in [-0.2, 0) is 0 Å². The van der Waals surface area contributed by atoms with Gasteiger partial charge < -0.3 is 0 Å². The van der Waals surface area contributed by atoms with Gasteiger partial charge in [-0.25, -0.2) is 0 Å². The van der Waals surface area contributed by atoms with Crippen LogP contribution in [0, 0.1) is 0 Å². The van der Waals surface area contributed by atoms with Crippen molar-refractivity contribution in [3.8, 4) is 0 Å². The molecule has 0 aromatic rings. The Balaban J connectivity index is -0.0000000833. The van der Waals surface area contributed by atoms with Crippen molar-refractivity contribution in [2.24, 2.45) is 0 Å². The zero-order chi connectivity index (χ0) is 3.54. The Morgan fingerprint density at radius 3 is 1.25 bits per heavy atom. The molecule has 1 aliphatic rings. The third-order valence-electron chi connectivity index (χ3n) is 0.556. The molecule has 1 aliphatic heterocycles. The summed E-state index contributed by atoms with van der Waals surface area (Å²) in [6.07, 6.45) is 4.00. The predicted molar refractivity (Wildman–Crippen MR) is 31.5 cm³/mol. The van der Waals surface area contributed by atoms with E-state index < -0.39 is 0 Å². The molecule has 0 aromatic carbocycles. The van der Waals surface area contributed by atoms with Gasteiger partial charge in [-0.15, -0.1) is 12.0 Å². The second-order valence-electron chi connectivity index (χ2n) is 0.962. The van der Waals surface area contributed by atoms with Gasteiger partial charge in [0.15, 0.2) is 7.28 Å². The summed E-state index contributed by atoms with van der Waals surface area (Å²) in [7, 11) is 2.00. The van der Waals surface area contributed by atoms with Crippen LogP contribution in [0.2, 0.25) is 0 Å². The van der Waals surface area contributed by atoms with E-state index in [0.717, 1.165) is 0 Å².